The van der Waals surface area contributed by atoms with Crippen molar-refractivity contribution >= 4 is 49.0 Å². The fraction of sp³-hybridized carbons (Fsp3) is 0.130. The Kier molecular flexibility index (Phi) is 2.59. The number of fused-ring (bicyclic) bond motifs is 5. The summed E-state index contributed by atoms with van der Waals surface area (Å²) >= 11 is 0. The fourth-order valence-electron chi connectivity index (χ4n) is 4.71. The molecule has 0 aliphatic heterocycles. The second kappa shape index (κ2) is 4.71. The van der Waals surface area contributed by atoms with Crippen LogP contribution in [0.15, 0.2) is 48.9 Å². The van der Waals surface area contributed by atoms with E-state index in [9.17, 15) is 4.39 Å². The summed E-state index contributed by atoms with van der Waals surface area (Å²) in [5, 5.41) is 5.52. The van der Waals surface area contributed by atoms with Crippen LogP contribution in [0.2, 0.25) is 0 Å². The van der Waals surface area contributed by atoms with Crippen molar-refractivity contribution in [3.8, 4) is 0 Å². The molecule has 0 spiro atoms. The lowest BCUT2D eigenvalue weighted by Gasteiger charge is -2.14. The zero-order chi connectivity index (χ0) is 18.4. The molecule has 0 N–H and O–H groups in total. The van der Waals surface area contributed by atoms with Crippen molar-refractivity contribution in [2.24, 2.45) is 7.05 Å². The van der Waals surface area contributed by atoms with Gasteiger partial charge >= 0.3 is 0 Å². The van der Waals surface area contributed by atoms with Crippen LogP contribution >= 0.6 is 0 Å². The lowest BCUT2D eigenvalue weighted by atomic mass is 9.97. The molecule has 130 valence electrons. The molecule has 3 nitrogen and oxygen atoms in total. The van der Waals surface area contributed by atoms with Gasteiger partial charge in [-0.1, -0.05) is 0 Å². The quantitative estimate of drug-likeness (QED) is 0.214. The highest BCUT2D eigenvalue weighted by Crippen LogP contribution is 2.41. The Labute approximate surface area is 154 Å². The van der Waals surface area contributed by atoms with Gasteiger partial charge in [-0.2, -0.15) is 0 Å². The summed E-state index contributed by atoms with van der Waals surface area (Å²) < 4.78 is 18.9. The molecular formula is C23H17FN3+. The Morgan fingerprint density at radius 3 is 2.70 bits per heavy atom. The molecule has 2 aromatic carbocycles. The third-order valence-electron chi connectivity index (χ3n) is 6.03. The molecule has 0 aliphatic carbocycles. The highest BCUT2D eigenvalue weighted by atomic mass is 19.1. The van der Waals surface area contributed by atoms with Crippen LogP contribution in [0.5, 0.6) is 0 Å². The second-order valence-electron chi connectivity index (χ2n) is 7.48. The van der Waals surface area contributed by atoms with E-state index >= 15 is 0 Å². The number of rotatable bonds is 0. The van der Waals surface area contributed by atoms with Crippen LogP contribution in [0.1, 0.15) is 11.1 Å². The highest BCUT2D eigenvalue weighted by molar-refractivity contribution is 6.25. The molecule has 4 heterocycles. The van der Waals surface area contributed by atoms with Crippen LogP contribution in [0.25, 0.3) is 49.0 Å². The van der Waals surface area contributed by atoms with E-state index < -0.39 is 0 Å². The number of halogens is 1. The third kappa shape index (κ3) is 1.66. The maximum atomic E-state index is 14.5. The van der Waals surface area contributed by atoms with Crippen molar-refractivity contribution in [2.75, 3.05) is 0 Å². The Morgan fingerprint density at radius 2 is 1.85 bits per heavy atom. The van der Waals surface area contributed by atoms with E-state index in [2.05, 4.69) is 40.9 Å². The monoisotopic (exact) mass is 354 g/mol. The van der Waals surface area contributed by atoms with Gasteiger partial charge in [0.2, 0.25) is 5.52 Å². The minimum atomic E-state index is -0.214. The maximum absolute atomic E-state index is 14.5. The standard InChI is InChI=1S/C23H17FN3/c1-12-8-16-17-11-25-6-4-18(17)27-19-10-15(24)9-14-5-7-26(3)23(21(14)19)20(13(12)2)22(16)27/h4-11H,1-3H3/q+1. The molecule has 27 heavy (non-hydrogen) atoms. The van der Waals surface area contributed by atoms with Crippen molar-refractivity contribution in [2.45, 2.75) is 13.8 Å². The average Bonchev–Trinajstić information content (AvgIpc) is 2.98. The predicted molar refractivity (Wildman–Crippen MR) is 107 cm³/mol. The first-order valence-corrected chi connectivity index (χ1v) is 9.07. The number of aromatic nitrogens is 3. The molecule has 0 saturated carbocycles. The Bertz CT molecular complexity index is 1560. The second-order valence-corrected chi connectivity index (χ2v) is 7.48. The van der Waals surface area contributed by atoms with Gasteiger partial charge in [-0.25, -0.2) is 8.96 Å². The smallest absolute Gasteiger partial charge is 0.224 e. The Hall–Kier alpha value is -3.27. The molecule has 6 rings (SSSR count). The zero-order valence-electron chi connectivity index (χ0n) is 15.3. The summed E-state index contributed by atoms with van der Waals surface area (Å²) in [6.45, 7) is 4.34. The molecule has 6 aromatic rings. The largest absolute Gasteiger partial charge is 0.307 e. The van der Waals surface area contributed by atoms with E-state index in [0.29, 0.717) is 0 Å². The molecule has 4 aromatic heterocycles. The molecule has 4 heteroatoms. The van der Waals surface area contributed by atoms with Gasteiger partial charge in [0.1, 0.15) is 12.9 Å². The number of nitrogens with zero attached hydrogens (tertiary/aromatic N) is 3. The van der Waals surface area contributed by atoms with Crippen LogP contribution < -0.4 is 4.57 Å². The van der Waals surface area contributed by atoms with Gasteiger partial charge in [-0.3, -0.25) is 4.98 Å². The van der Waals surface area contributed by atoms with Gasteiger partial charge in [0.25, 0.3) is 0 Å². The van der Waals surface area contributed by atoms with Crippen LogP contribution in [0.3, 0.4) is 0 Å². The number of hydrogen-bond donors (Lipinski definition) is 0. The molecule has 0 atom stereocenters. The summed E-state index contributed by atoms with van der Waals surface area (Å²) in [4.78, 5) is 4.35. The van der Waals surface area contributed by atoms with E-state index in [1.807, 2.05) is 24.5 Å². The molecule has 0 saturated heterocycles. The van der Waals surface area contributed by atoms with E-state index in [-0.39, 0.29) is 5.82 Å². The van der Waals surface area contributed by atoms with Gasteiger partial charge < -0.3 is 4.40 Å². The predicted octanol–water partition coefficient (Wildman–Crippen LogP) is 4.97. The molecule has 0 aliphatic rings. The van der Waals surface area contributed by atoms with Gasteiger partial charge in [0.15, 0.2) is 6.20 Å². The maximum Gasteiger partial charge on any atom is 0.224 e. The first-order valence-electron chi connectivity index (χ1n) is 9.07. The molecule has 0 radical (unpaired) electrons. The SMILES string of the molecule is Cc1cc2c3cnccc3n3c4cc(F)cc5cc[n+](C)c(c(c1C)c23)c54. The van der Waals surface area contributed by atoms with E-state index in [1.165, 1.54) is 21.9 Å². The fourth-order valence-corrected chi connectivity index (χ4v) is 4.71. The summed E-state index contributed by atoms with van der Waals surface area (Å²) in [6, 6.07) is 9.53. The summed E-state index contributed by atoms with van der Waals surface area (Å²) in [5.41, 5.74) is 6.77. The van der Waals surface area contributed by atoms with Crippen molar-refractivity contribution < 1.29 is 8.96 Å². The van der Waals surface area contributed by atoms with Crippen LogP contribution in [-0.4, -0.2) is 9.38 Å². The lowest BCUT2D eigenvalue weighted by molar-refractivity contribution is -0.643. The van der Waals surface area contributed by atoms with Gasteiger partial charge in [0, 0.05) is 29.2 Å². The molecular weight excluding hydrogens is 337 g/mol. The average molecular weight is 354 g/mol. The van der Waals surface area contributed by atoms with Crippen molar-refractivity contribution in [1.82, 2.24) is 9.38 Å². The van der Waals surface area contributed by atoms with Crippen molar-refractivity contribution in [3.63, 3.8) is 0 Å². The highest BCUT2D eigenvalue weighted by Gasteiger charge is 2.24. The van der Waals surface area contributed by atoms with E-state index in [1.54, 1.807) is 18.3 Å². The summed E-state index contributed by atoms with van der Waals surface area (Å²) in [6.07, 6.45) is 5.74. The van der Waals surface area contributed by atoms with Gasteiger partial charge in [0.05, 0.1) is 27.3 Å². The van der Waals surface area contributed by atoms with E-state index in [0.717, 1.165) is 38.2 Å². The van der Waals surface area contributed by atoms with Crippen molar-refractivity contribution in [3.05, 3.63) is 65.9 Å². The van der Waals surface area contributed by atoms with E-state index in [4.69, 9.17) is 0 Å². The minimum Gasteiger partial charge on any atom is -0.307 e. The Balaban J connectivity index is 2.17. The van der Waals surface area contributed by atoms with Crippen LogP contribution in [0, 0.1) is 19.7 Å². The minimum absolute atomic E-state index is 0.214. The van der Waals surface area contributed by atoms with Gasteiger partial charge in [-0.05, 0) is 54.6 Å². The van der Waals surface area contributed by atoms with Crippen molar-refractivity contribution in [1.29, 1.82) is 0 Å². The zero-order valence-corrected chi connectivity index (χ0v) is 15.3. The number of hydrogen-bond acceptors (Lipinski definition) is 1. The van der Waals surface area contributed by atoms with Crippen LogP contribution in [0.4, 0.5) is 4.39 Å². The van der Waals surface area contributed by atoms with Gasteiger partial charge in [-0.15, -0.1) is 0 Å². The topological polar surface area (TPSA) is 21.2 Å². The van der Waals surface area contributed by atoms with Crippen LogP contribution in [-0.2, 0) is 7.05 Å². The first kappa shape index (κ1) is 14.9. The number of benzene rings is 2. The molecule has 0 bridgehead atoms. The lowest BCUT2D eigenvalue weighted by Crippen LogP contribution is -2.29. The Morgan fingerprint density at radius 1 is 1.00 bits per heavy atom. The normalized spacial score (nSPS) is 12.4. The first-order chi connectivity index (χ1) is 13.1. The molecule has 0 unspecified atom stereocenters. The summed E-state index contributed by atoms with van der Waals surface area (Å²) in [5.74, 6) is -0.214. The third-order valence-corrected chi connectivity index (χ3v) is 6.03. The number of aryl methyl sites for hydroxylation is 3. The summed E-state index contributed by atoms with van der Waals surface area (Å²) in [7, 11) is 2.06. The molecule has 0 fully saturated rings. The molecule has 0 amide bonds. The number of pyridine rings is 3.